The van der Waals surface area contributed by atoms with E-state index in [2.05, 4.69) is 6.92 Å². The van der Waals surface area contributed by atoms with Gasteiger partial charge >= 0.3 is 5.97 Å². The summed E-state index contributed by atoms with van der Waals surface area (Å²) in [5.74, 6) is -0.718. The SMILES string of the molecule is CCC1CN(C(CC)C(=O)O)CCO1. The number of hydrogen-bond acceptors (Lipinski definition) is 3. The molecule has 14 heavy (non-hydrogen) atoms. The molecule has 1 rings (SSSR count). The Bertz CT molecular complexity index is 196. The van der Waals surface area contributed by atoms with E-state index in [0.717, 1.165) is 19.5 Å². The average molecular weight is 201 g/mol. The monoisotopic (exact) mass is 201 g/mol. The van der Waals surface area contributed by atoms with Gasteiger partial charge in [-0.25, -0.2) is 0 Å². The van der Waals surface area contributed by atoms with Crippen molar-refractivity contribution < 1.29 is 14.6 Å². The summed E-state index contributed by atoms with van der Waals surface area (Å²) in [6.07, 6.45) is 1.82. The summed E-state index contributed by atoms with van der Waals surface area (Å²) >= 11 is 0. The average Bonchev–Trinajstić information content (AvgIpc) is 2.19. The Morgan fingerprint density at radius 3 is 2.86 bits per heavy atom. The summed E-state index contributed by atoms with van der Waals surface area (Å²) in [6.45, 7) is 6.12. The molecule has 1 aliphatic heterocycles. The van der Waals surface area contributed by atoms with Crippen LogP contribution in [0.2, 0.25) is 0 Å². The molecule has 1 saturated heterocycles. The topological polar surface area (TPSA) is 49.8 Å². The normalized spacial score (nSPS) is 26.0. The van der Waals surface area contributed by atoms with Crippen molar-refractivity contribution in [3.8, 4) is 0 Å². The van der Waals surface area contributed by atoms with Crippen LogP contribution in [-0.2, 0) is 9.53 Å². The van der Waals surface area contributed by atoms with Gasteiger partial charge in [-0.3, -0.25) is 9.69 Å². The van der Waals surface area contributed by atoms with Gasteiger partial charge in [0.15, 0.2) is 0 Å². The van der Waals surface area contributed by atoms with E-state index < -0.39 is 5.97 Å². The van der Waals surface area contributed by atoms with Crippen LogP contribution in [0.3, 0.4) is 0 Å². The predicted octanol–water partition coefficient (Wildman–Crippen LogP) is 0.960. The van der Waals surface area contributed by atoms with Crippen molar-refractivity contribution in [2.45, 2.75) is 38.8 Å². The minimum Gasteiger partial charge on any atom is -0.480 e. The number of rotatable bonds is 4. The molecule has 0 aliphatic carbocycles. The summed E-state index contributed by atoms with van der Waals surface area (Å²) in [7, 11) is 0. The van der Waals surface area contributed by atoms with Crippen LogP contribution >= 0.6 is 0 Å². The van der Waals surface area contributed by atoms with Crippen molar-refractivity contribution in [1.29, 1.82) is 0 Å². The number of morpholine rings is 1. The van der Waals surface area contributed by atoms with Crippen molar-refractivity contribution in [1.82, 2.24) is 4.90 Å². The summed E-state index contributed by atoms with van der Waals surface area (Å²) in [5, 5.41) is 9.00. The fraction of sp³-hybridized carbons (Fsp3) is 0.900. The lowest BCUT2D eigenvalue weighted by molar-refractivity contribution is -0.146. The van der Waals surface area contributed by atoms with E-state index >= 15 is 0 Å². The molecule has 2 unspecified atom stereocenters. The molecule has 82 valence electrons. The number of nitrogens with zero attached hydrogens (tertiary/aromatic N) is 1. The zero-order valence-corrected chi connectivity index (χ0v) is 8.90. The molecule has 0 spiro atoms. The van der Waals surface area contributed by atoms with Crippen LogP contribution in [0.4, 0.5) is 0 Å². The van der Waals surface area contributed by atoms with Crippen LogP contribution in [0.5, 0.6) is 0 Å². The Kier molecular flexibility index (Phi) is 4.35. The quantitative estimate of drug-likeness (QED) is 0.736. The zero-order valence-electron chi connectivity index (χ0n) is 8.90. The van der Waals surface area contributed by atoms with Crippen molar-refractivity contribution in [2.75, 3.05) is 19.7 Å². The van der Waals surface area contributed by atoms with Gasteiger partial charge in [-0.05, 0) is 12.8 Å². The molecule has 0 aromatic rings. The van der Waals surface area contributed by atoms with Gasteiger partial charge in [0, 0.05) is 13.1 Å². The molecule has 4 nitrogen and oxygen atoms in total. The van der Waals surface area contributed by atoms with E-state index in [1.165, 1.54) is 0 Å². The molecule has 0 aromatic heterocycles. The number of carboxylic acid groups (broad SMARTS) is 1. The number of carboxylic acids is 1. The van der Waals surface area contributed by atoms with E-state index in [0.29, 0.717) is 13.0 Å². The molecular formula is C10H19NO3. The number of aliphatic carboxylic acids is 1. The Morgan fingerprint density at radius 1 is 1.64 bits per heavy atom. The van der Waals surface area contributed by atoms with Crippen molar-refractivity contribution in [3.05, 3.63) is 0 Å². The fourth-order valence-corrected chi connectivity index (χ4v) is 1.86. The van der Waals surface area contributed by atoms with Gasteiger partial charge in [-0.2, -0.15) is 0 Å². The zero-order chi connectivity index (χ0) is 10.6. The minimum atomic E-state index is -0.718. The highest BCUT2D eigenvalue weighted by Crippen LogP contribution is 2.13. The molecule has 1 fully saturated rings. The number of carbonyl (C=O) groups is 1. The molecule has 0 bridgehead atoms. The van der Waals surface area contributed by atoms with E-state index in [9.17, 15) is 4.79 Å². The van der Waals surface area contributed by atoms with Gasteiger partial charge in [0.25, 0.3) is 0 Å². The number of hydrogen-bond donors (Lipinski definition) is 1. The Morgan fingerprint density at radius 2 is 2.36 bits per heavy atom. The Labute approximate surface area is 84.8 Å². The summed E-state index contributed by atoms with van der Waals surface area (Å²) in [4.78, 5) is 13.0. The molecule has 2 atom stereocenters. The second-order valence-electron chi connectivity index (χ2n) is 3.66. The fourth-order valence-electron chi connectivity index (χ4n) is 1.86. The number of ether oxygens (including phenoxy) is 1. The smallest absolute Gasteiger partial charge is 0.320 e. The predicted molar refractivity (Wildman–Crippen MR) is 53.3 cm³/mol. The molecule has 0 aromatic carbocycles. The second-order valence-corrected chi connectivity index (χ2v) is 3.66. The molecule has 0 amide bonds. The highest BCUT2D eigenvalue weighted by Gasteiger charge is 2.28. The van der Waals surface area contributed by atoms with Crippen molar-refractivity contribution in [2.24, 2.45) is 0 Å². The molecule has 1 heterocycles. The van der Waals surface area contributed by atoms with E-state index in [4.69, 9.17) is 9.84 Å². The third kappa shape index (κ3) is 2.69. The van der Waals surface area contributed by atoms with E-state index in [-0.39, 0.29) is 12.1 Å². The van der Waals surface area contributed by atoms with Gasteiger partial charge in [0.05, 0.1) is 12.7 Å². The standard InChI is InChI=1S/C10H19NO3/c1-3-8-7-11(5-6-14-8)9(4-2)10(12)13/h8-9H,3-7H2,1-2H3,(H,12,13). The summed E-state index contributed by atoms with van der Waals surface area (Å²) in [5.41, 5.74) is 0. The first-order chi connectivity index (χ1) is 6.69. The maximum absolute atomic E-state index is 10.9. The van der Waals surface area contributed by atoms with Crippen LogP contribution in [-0.4, -0.2) is 47.8 Å². The van der Waals surface area contributed by atoms with Crippen molar-refractivity contribution >= 4 is 5.97 Å². The first-order valence-corrected chi connectivity index (χ1v) is 5.27. The molecule has 1 aliphatic rings. The van der Waals surface area contributed by atoms with Gasteiger partial charge in [0.1, 0.15) is 6.04 Å². The first kappa shape index (κ1) is 11.5. The Balaban J connectivity index is 2.53. The van der Waals surface area contributed by atoms with Crippen LogP contribution < -0.4 is 0 Å². The molecule has 4 heteroatoms. The third-order valence-electron chi connectivity index (χ3n) is 2.74. The van der Waals surface area contributed by atoms with Crippen LogP contribution in [0.1, 0.15) is 26.7 Å². The second kappa shape index (κ2) is 5.32. The maximum Gasteiger partial charge on any atom is 0.320 e. The van der Waals surface area contributed by atoms with Gasteiger partial charge < -0.3 is 9.84 Å². The lowest BCUT2D eigenvalue weighted by atomic mass is 10.1. The highest BCUT2D eigenvalue weighted by molar-refractivity contribution is 5.73. The summed E-state index contributed by atoms with van der Waals surface area (Å²) in [6, 6.07) is -0.340. The largest absolute Gasteiger partial charge is 0.480 e. The van der Waals surface area contributed by atoms with Crippen LogP contribution in [0.25, 0.3) is 0 Å². The van der Waals surface area contributed by atoms with Crippen LogP contribution in [0.15, 0.2) is 0 Å². The minimum absolute atomic E-state index is 0.206. The van der Waals surface area contributed by atoms with E-state index in [1.807, 2.05) is 11.8 Å². The van der Waals surface area contributed by atoms with Gasteiger partial charge in [0.2, 0.25) is 0 Å². The third-order valence-corrected chi connectivity index (χ3v) is 2.74. The van der Waals surface area contributed by atoms with Gasteiger partial charge in [-0.1, -0.05) is 13.8 Å². The molecule has 1 N–H and O–H groups in total. The molecule has 0 radical (unpaired) electrons. The summed E-state index contributed by atoms with van der Waals surface area (Å²) < 4.78 is 5.50. The maximum atomic E-state index is 10.9. The van der Waals surface area contributed by atoms with Crippen molar-refractivity contribution in [3.63, 3.8) is 0 Å². The lowest BCUT2D eigenvalue weighted by Crippen LogP contribution is -2.50. The Hall–Kier alpha value is -0.610. The highest BCUT2D eigenvalue weighted by atomic mass is 16.5. The molecular weight excluding hydrogens is 182 g/mol. The van der Waals surface area contributed by atoms with Gasteiger partial charge in [-0.15, -0.1) is 0 Å². The first-order valence-electron chi connectivity index (χ1n) is 5.27. The lowest BCUT2D eigenvalue weighted by Gasteiger charge is -2.35. The van der Waals surface area contributed by atoms with Crippen LogP contribution in [0, 0.1) is 0 Å². The molecule has 0 saturated carbocycles. The van der Waals surface area contributed by atoms with E-state index in [1.54, 1.807) is 0 Å².